The van der Waals surface area contributed by atoms with Crippen molar-refractivity contribution in [2.45, 2.75) is 6.54 Å². The van der Waals surface area contributed by atoms with Crippen molar-refractivity contribution in [1.82, 2.24) is 8.61 Å². The van der Waals surface area contributed by atoms with Crippen LogP contribution in [0, 0.1) is 0 Å². The van der Waals surface area contributed by atoms with E-state index in [0.717, 1.165) is 5.56 Å². The molecule has 7 heteroatoms. The van der Waals surface area contributed by atoms with Gasteiger partial charge in [-0.15, -0.1) is 0 Å². The topological polar surface area (TPSA) is 77.9 Å². The van der Waals surface area contributed by atoms with Gasteiger partial charge in [-0.05, 0) is 17.7 Å². The summed E-state index contributed by atoms with van der Waals surface area (Å²) in [6.45, 7) is 1.21. The third-order valence-corrected chi connectivity index (χ3v) is 4.88. The summed E-state index contributed by atoms with van der Waals surface area (Å²) in [5.41, 5.74) is 0.971. The zero-order valence-electron chi connectivity index (χ0n) is 9.91. The number of benzene rings is 1. The summed E-state index contributed by atoms with van der Waals surface area (Å²) in [6, 6.07) is 6.22. The number of carboxylic acid groups (broad SMARTS) is 1. The van der Waals surface area contributed by atoms with Crippen LogP contribution in [0.5, 0.6) is 0 Å². The van der Waals surface area contributed by atoms with Crippen LogP contribution in [0.25, 0.3) is 0 Å². The Hall–Kier alpha value is -1.44. The van der Waals surface area contributed by atoms with Gasteiger partial charge in [0.1, 0.15) is 0 Å². The molecule has 6 nitrogen and oxygen atoms in total. The van der Waals surface area contributed by atoms with Crippen LogP contribution in [0.4, 0.5) is 0 Å². The van der Waals surface area contributed by atoms with Gasteiger partial charge in [-0.1, -0.05) is 12.1 Å². The monoisotopic (exact) mass is 270 g/mol. The summed E-state index contributed by atoms with van der Waals surface area (Å²) in [4.78, 5) is 10.7. The zero-order valence-corrected chi connectivity index (χ0v) is 10.7. The van der Waals surface area contributed by atoms with E-state index in [4.69, 9.17) is 5.11 Å². The molecule has 2 rings (SSSR count). The predicted octanol–water partition coefficient (Wildman–Crippen LogP) is 0.377. The summed E-state index contributed by atoms with van der Waals surface area (Å²) < 4.78 is 26.3. The summed E-state index contributed by atoms with van der Waals surface area (Å²) in [5.74, 6) is -0.991. The normalized spacial score (nSPS) is 20.1. The van der Waals surface area contributed by atoms with E-state index in [9.17, 15) is 13.2 Å². The van der Waals surface area contributed by atoms with Crippen molar-refractivity contribution in [2.24, 2.45) is 0 Å². The van der Waals surface area contributed by atoms with Gasteiger partial charge < -0.3 is 5.11 Å². The average molecular weight is 270 g/mol. The third kappa shape index (κ3) is 2.38. The first kappa shape index (κ1) is 13.0. The Labute approximate surface area is 106 Å². The Bertz CT molecular complexity index is 553. The Balaban J connectivity index is 2.13. The Kier molecular flexibility index (Phi) is 3.38. The highest BCUT2D eigenvalue weighted by atomic mass is 32.2. The number of rotatable bonds is 3. The van der Waals surface area contributed by atoms with Crippen molar-refractivity contribution in [3.05, 3.63) is 35.4 Å². The molecule has 0 saturated carbocycles. The van der Waals surface area contributed by atoms with Gasteiger partial charge in [0.15, 0.2) is 0 Å². The molecule has 1 aliphatic rings. The van der Waals surface area contributed by atoms with Crippen molar-refractivity contribution < 1.29 is 18.3 Å². The predicted molar refractivity (Wildman–Crippen MR) is 65.4 cm³/mol. The van der Waals surface area contributed by atoms with Crippen molar-refractivity contribution in [1.29, 1.82) is 0 Å². The van der Waals surface area contributed by atoms with Gasteiger partial charge >= 0.3 is 5.97 Å². The molecule has 0 spiro atoms. The fourth-order valence-electron chi connectivity index (χ4n) is 1.80. The van der Waals surface area contributed by atoms with Crippen molar-refractivity contribution in [2.75, 3.05) is 20.1 Å². The van der Waals surface area contributed by atoms with Gasteiger partial charge in [-0.3, -0.25) is 0 Å². The number of aromatic carboxylic acids is 1. The van der Waals surface area contributed by atoms with Gasteiger partial charge in [-0.2, -0.15) is 17.0 Å². The van der Waals surface area contributed by atoms with E-state index in [-0.39, 0.29) is 12.1 Å². The van der Waals surface area contributed by atoms with E-state index >= 15 is 0 Å². The molecule has 18 heavy (non-hydrogen) atoms. The number of likely N-dealkylation sites (N-methyl/N-ethyl adjacent to an activating group) is 1. The van der Waals surface area contributed by atoms with Crippen molar-refractivity contribution in [3.8, 4) is 0 Å². The Morgan fingerprint density at radius 1 is 1.28 bits per heavy atom. The molecule has 0 unspecified atom stereocenters. The molecule has 1 aliphatic heterocycles. The summed E-state index contributed by atoms with van der Waals surface area (Å²) >= 11 is 0. The van der Waals surface area contributed by atoms with Gasteiger partial charge in [-0.25, -0.2) is 4.79 Å². The van der Waals surface area contributed by atoms with E-state index in [2.05, 4.69) is 0 Å². The number of hydrogen-bond acceptors (Lipinski definition) is 3. The second-order valence-corrected chi connectivity index (χ2v) is 6.20. The molecule has 0 bridgehead atoms. The van der Waals surface area contributed by atoms with Gasteiger partial charge in [0.05, 0.1) is 5.56 Å². The Morgan fingerprint density at radius 3 is 2.33 bits per heavy atom. The fourth-order valence-corrected chi connectivity index (χ4v) is 3.13. The van der Waals surface area contributed by atoms with Crippen LogP contribution in [-0.4, -0.2) is 48.2 Å². The maximum Gasteiger partial charge on any atom is 0.335 e. The summed E-state index contributed by atoms with van der Waals surface area (Å²) in [6.07, 6.45) is 0. The number of hydrogen-bond donors (Lipinski definition) is 1. The maximum absolute atomic E-state index is 11.8. The molecule has 1 saturated heterocycles. The fraction of sp³-hybridized carbons (Fsp3) is 0.364. The first-order valence-corrected chi connectivity index (χ1v) is 6.84. The second-order valence-electron chi connectivity index (χ2n) is 4.16. The molecule has 0 amide bonds. The molecular weight excluding hydrogens is 256 g/mol. The van der Waals surface area contributed by atoms with Crippen LogP contribution in [0.15, 0.2) is 24.3 Å². The maximum atomic E-state index is 11.8. The van der Waals surface area contributed by atoms with Gasteiger partial charge in [0.2, 0.25) is 0 Å². The molecule has 0 aromatic heterocycles. The number of carbonyl (C=O) groups is 1. The SMILES string of the molecule is CN1CCN(Cc2ccc(C(=O)O)cc2)S1(=O)=O. The van der Waals surface area contributed by atoms with Gasteiger partial charge in [0, 0.05) is 26.7 Å². The molecule has 1 aromatic rings. The lowest BCUT2D eigenvalue weighted by atomic mass is 10.1. The van der Waals surface area contributed by atoms with E-state index in [0.29, 0.717) is 13.1 Å². The van der Waals surface area contributed by atoms with Gasteiger partial charge in [0.25, 0.3) is 10.2 Å². The van der Waals surface area contributed by atoms with Crippen LogP contribution >= 0.6 is 0 Å². The highest BCUT2D eigenvalue weighted by Crippen LogP contribution is 2.17. The van der Waals surface area contributed by atoms with Crippen LogP contribution < -0.4 is 0 Å². The largest absolute Gasteiger partial charge is 0.478 e. The lowest BCUT2D eigenvalue weighted by Gasteiger charge is -2.15. The van der Waals surface area contributed by atoms with Crippen molar-refractivity contribution >= 4 is 16.2 Å². The lowest BCUT2D eigenvalue weighted by Crippen LogP contribution is -2.30. The van der Waals surface area contributed by atoms with Crippen molar-refractivity contribution in [3.63, 3.8) is 0 Å². The Morgan fingerprint density at radius 2 is 1.89 bits per heavy atom. The molecule has 1 N–H and O–H groups in total. The molecule has 1 fully saturated rings. The quantitative estimate of drug-likeness (QED) is 0.861. The number of carboxylic acids is 1. The molecule has 1 heterocycles. The second kappa shape index (κ2) is 4.68. The minimum atomic E-state index is -3.34. The highest BCUT2D eigenvalue weighted by molar-refractivity contribution is 7.86. The minimum Gasteiger partial charge on any atom is -0.478 e. The first-order valence-electron chi connectivity index (χ1n) is 5.45. The zero-order chi connectivity index (χ0) is 13.3. The summed E-state index contributed by atoms with van der Waals surface area (Å²) in [7, 11) is -1.80. The molecule has 0 aliphatic carbocycles. The molecule has 98 valence electrons. The smallest absolute Gasteiger partial charge is 0.335 e. The van der Waals surface area contributed by atoms with E-state index in [1.165, 1.54) is 20.7 Å². The average Bonchev–Trinajstić information content (AvgIpc) is 2.57. The minimum absolute atomic E-state index is 0.195. The summed E-state index contributed by atoms with van der Waals surface area (Å²) in [5, 5.41) is 8.76. The third-order valence-electron chi connectivity index (χ3n) is 2.94. The lowest BCUT2D eigenvalue weighted by molar-refractivity contribution is 0.0697. The van der Waals surface area contributed by atoms with Crippen LogP contribution in [0.1, 0.15) is 15.9 Å². The molecular formula is C11H14N2O4S. The van der Waals surface area contributed by atoms with E-state index < -0.39 is 16.2 Å². The van der Waals surface area contributed by atoms with E-state index in [1.54, 1.807) is 19.2 Å². The van der Waals surface area contributed by atoms with Crippen LogP contribution in [-0.2, 0) is 16.8 Å². The molecule has 0 radical (unpaired) electrons. The molecule has 1 aromatic carbocycles. The first-order chi connectivity index (χ1) is 8.41. The molecule has 0 atom stereocenters. The number of nitrogens with zero attached hydrogens (tertiary/aromatic N) is 2. The van der Waals surface area contributed by atoms with E-state index in [1.807, 2.05) is 0 Å². The standard InChI is InChI=1S/C11H14N2O4S/c1-12-6-7-13(18(12,16)17)8-9-2-4-10(5-3-9)11(14)15/h2-5H,6-8H2,1H3,(H,14,15). The highest BCUT2D eigenvalue weighted by Gasteiger charge is 2.33. The van der Waals surface area contributed by atoms with Crippen LogP contribution in [0.3, 0.4) is 0 Å². The van der Waals surface area contributed by atoms with Crippen LogP contribution in [0.2, 0.25) is 0 Å².